The quantitative estimate of drug-likeness (QED) is 0.188. The first-order chi connectivity index (χ1) is 25.0. The second-order valence-electron chi connectivity index (χ2n) is 13.7. The highest BCUT2D eigenvalue weighted by atomic mass is 16.6. The minimum Gasteiger partial charge on any atom is -0.449 e. The highest BCUT2D eigenvalue weighted by Gasteiger charge is 2.37. The Balaban J connectivity index is 0.978. The third-order valence-corrected chi connectivity index (χ3v) is 10.2. The van der Waals surface area contributed by atoms with Gasteiger partial charge < -0.3 is 9.47 Å². The van der Waals surface area contributed by atoms with E-state index >= 15 is 0 Å². The van der Waals surface area contributed by atoms with Crippen molar-refractivity contribution in [2.75, 3.05) is 0 Å². The molecular weight excluding hydrogens is 627 g/mol. The Morgan fingerprint density at radius 2 is 0.941 bits per heavy atom. The summed E-state index contributed by atoms with van der Waals surface area (Å²) >= 11 is 0. The molecule has 7 aromatic carbocycles. The maximum Gasteiger partial charge on any atom is 0.170 e. The summed E-state index contributed by atoms with van der Waals surface area (Å²) in [6, 6.07) is 52.0. The summed E-state index contributed by atoms with van der Waals surface area (Å²) in [5, 5.41) is 2.32. The first-order valence-corrected chi connectivity index (χ1v) is 17.2. The molecule has 1 aliphatic carbocycles. The molecule has 0 unspecified atom stereocenters. The van der Waals surface area contributed by atoms with Gasteiger partial charge in [-0.15, -0.1) is 0 Å². The van der Waals surface area contributed by atoms with E-state index in [2.05, 4.69) is 123 Å². The minimum absolute atomic E-state index is 0.120. The molecule has 0 bridgehead atoms. The number of aromatic nitrogens is 3. The predicted octanol–water partition coefficient (Wildman–Crippen LogP) is 11.9. The van der Waals surface area contributed by atoms with Gasteiger partial charge in [0.15, 0.2) is 40.5 Å². The molecule has 2 aliphatic rings. The number of ether oxygens (including phenoxy) is 2. The maximum absolute atomic E-state index is 6.54. The van der Waals surface area contributed by atoms with E-state index in [1.54, 1.807) is 0 Å². The largest absolute Gasteiger partial charge is 0.449 e. The van der Waals surface area contributed by atoms with Crippen LogP contribution in [0.5, 0.6) is 23.0 Å². The Hall–Kier alpha value is -6.59. The van der Waals surface area contributed by atoms with E-state index in [1.165, 1.54) is 27.6 Å². The second-order valence-corrected chi connectivity index (χ2v) is 13.7. The SMILES string of the molecule is CC1(C)c2ccccc2-c2cc3c(cc21)Oc1cc(-c2ccc(-c4nc(-c5ccccc5)nc(-c5ccc6ccccc6c5)n4)cc2)ccc1O3. The fourth-order valence-corrected chi connectivity index (χ4v) is 7.45. The van der Waals surface area contributed by atoms with Crippen LogP contribution in [0.2, 0.25) is 0 Å². The number of hydrogen-bond acceptors (Lipinski definition) is 5. The van der Waals surface area contributed by atoms with Gasteiger partial charge in [-0.2, -0.15) is 0 Å². The molecule has 0 N–H and O–H groups in total. The van der Waals surface area contributed by atoms with E-state index in [1.807, 2.05) is 42.5 Å². The molecule has 10 rings (SSSR count). The van der Waals surface area contributed by atoms with Crippen LogP contribution in [0, 0.1) is 0 Å². The van der Waals surface area contributed by atoms with Crippen molar-refractivity contribution >= 4 is 10.8 Å². The average Bonchev–Trinajstić information content (AvgIpc) is 3.41. The van der Waals surface area contributed by atoms with Crippen molar-refractivity contribution in [1.82, 2.24) is 15.0 Å². The Bertz CT molecular complexity index is 2670. The zero-order valence-electron chi connectivity index (χ0n) is 28.1. The van der Waals surface area contributed by atoms with Crippen LogP contribution in [0.3, 0.4) is 0 Å². The Morgan fingerprint density at radius 1 is 0.373 bits per heavy atom. The lowest BCUT2D eigenvalue weighted by atomic mass is 9.82. The first kappa shape index (κ1) is 29.3. The lowest BCUT2D eigenvalue weighted by Crippen LogP contribution is -2.15. The fraction of sp³-hybridized carbons (Fsp3) is 0.0652. The third kappa shape index (κ3) is 4.89. The summed E-state index contributed by atoms with van der Waals surface area (Å²) in [6.45, 7) is 4.54. The Labute approximate surface area is 295 Å². The molecule has 1 aliphatic heterocycles. The van der Waals surface area contributed by atoms with Gasteiger partial charge in [0.1, 0.15) is 0 Å². The molecular formula is C46H31N3O2. The first-order valence-electron chi connectivity index (χ1n) is 17.2. The molecule has 0 atom stereocenters. The van der Waals surface area contributed by atoms with Crippen LogP contribution in [-0.4, -0.2) is 15.0 Å². The molecule has 1 aromatic heterocycles. The van der Waals surface area contributed by atoms with E-state index in [-0.39, 0.29) is 5.41 Å². The van der Waals surface area contributed by atoms with Crippen molar-refractivity contribution in [1.29, 1.82) is 0 Å². The van der Waals surface area contributed by atoms with E-state index in [9.17, 15) is 0 Å². The van der Waals surface area contributed by atoms with Crippen LogP contribution in [0.4, 0.5) is 0 Å². The summed E-state index contributed by atoms with van der Waals surface area (Å²) in [4.78, 5) is 14.8. The lowest BCUT2D eigenvalue weighted by molar-refractivity contribution is 0.359. The number of benzene rings is 7. The van der Waals surface area contributed by atoms with Crippen LogP contribution < -0.4 is 9.47 Å². The third-order valence-electron chi connectivity index (χ3n) is 10.2. The van der Waals surface area contributed by atoms with E-state index in [4.69, 9.17) is 24.4 Å². The van der Waals surface area contributed by atoms with Gasteiger partial charge in [-0.3, -0.25) is 0 Å². The number of fused-ring (bicyclic) bond motifs is 6. The van der Waals surface area contributed by atoms with Crippen molar-refractivity contribution in [3.05, 3.63) is 163 Å². The van der Waals surface area contributed by atoms with E-state index < -0.39 is 0 Å². The monoisotopic (exact) mass is 657 g/mol. The normalized spacial score (nSPS) is 13.4. The minimum atomic E-state index is -0.120. The van der Waals surface area contributed by atoms with E-state index in [0.29, 0.717) is 29.0 Å². The summed E-state index contributed by atoms with van der Waals surface area (Å²) in [5.41, 5.74) is 9.78. The van der Waals surface area contributed by atoms with Gasteiger partial charge in [0.25, 0.3) is 0 Å². The smallest absolute Gasteiger partial charge is 0.170 e. The fourth-order valence-electron chi connectivity index (χ4n) is 7.45. The van der Waals surface area contributed by atoms with Crippen molar-refractivity contribution in [2.24, 2.45) is 0 Å². The highest BCUT2D eigenvalue weighted by molar-refractivity contribution is 5.87. The molecule has 0 fully saturated rings. The van der Waals surface area contributed by atoms with Crippen LogP contribution in [0.1, 0.15) is 25.0 Å². The van der Waals surface area contributed by atoms with Gasteiger partial charge in [-0.1, -0.05) is 135 Å². The molecule has 0 amide bonds. The van der Waals surface area contributed by atoms with Crippen molar-refractivity contribution in [2.45, 2.75) is 19.3 Å². The summed E-state index contributed by atoms with van der Waals surface area (Å²) in [6.07, 6.45) is 0. The van der Waals surface area contributed by atoms with Crippen LogP contribution in [-0.2, 0) is 5.41 Å². The van der Waals surface area contributed by atoms with Gasteiger partial charge in [0, 0.05) is 22.1 Å². The van der Waals surface area contributed by atoms with Gasteiger partial charge >= 0.3 is 0 Å². The zero-order valence-corrected chi connectivity index (χ0v) is 28.1. The molecule has 51 heavy (non-hydrogen) atoms. The Kier molecular flexibility index (Phi) is 6.46. The van der Waals surface area contributed by atoms with Crippen LogP contribution in [0.25, 0.3) is 67.2 Å². The lowest BCUT2D eigenvalue weighted by Gasteiger charge is -2.25. The standard InChI is InChI=1S/C46H31N3O2/c1-46(2)37-15-9-8-14-35(37)36-26-41-42(27-38(36)46)51-40-25-33(22-23-39(40)50-41)29-16-19-31(20-17-29)44-47-43(30-11-4-3-5-12-30)48-45(49-44)34-21-18-28-10-6-7-13-32(28)24-34/h3-27H,1-2H3. The molecule has 5 heteroatoms. The number of nitrogens with zero attached hydrogens (tertiary/aromatic N) is 3. The predicted molar refractivity (Wildman–Crippen MR) is 203 cm³/mol. The van der Waals surface area contributed by atoms with Crippen molar-refractivity contribution < 1.29 is 9.47 Å². The van der Waals surface area contributed by atoms with E-state index in [0.717, 1.165) is 44.7 Å². The molecule has 0 spiro atoms. The van der Waals surface area contributed by atoms with Crippen molar-refractivity contribution in [3.63, 3.8) is 0 Å². The van der Waals surface area contributed by atoms with Gasteiger partial charge in [0.2, 0.25) is 0 Å². The molecule has 0 radical (unpaired) electrons. The van der Waals surface area contributed by atoms with Crippen LogP contribution >= 0.6 is 0 Å². The Morgan fingerprint density at radius 3 is 1.75 bits per heavy atom. The number of rotatable bonds is 4. The van der Waals surface area contributed by atoms with Crippen molar-refractivity contribution in [3.8, 4) is 79.4 Å². The number of hydrogen-bond donors (Lipinski definition) is 0. The molecule has 5 nitrogen and oxygen atoms in total. The molecule has 242 valence electrons. The van der Waals surface area contributed by atoms with Crippen LogP contribution in [0.15, 0.2) is 152 Å². The molecule has 0 saturated heterocycles. The van der Waals surface area contributed by atoms with Gasteiger partial charge in [0.05, 0.1) is 0 Å². The summed E-state index contributed by atoms with van der Waals surface area (Å²) in [7, 11) is 0. The highest BCUT2D eigenvalue weighted by Crippen LogP contribution is 2.55. The molecule has 2 heterocycles. The molecule has 8 aromatic rings. The van der Waals surface area contributed by atoms with Gasteiger partial charge in [-0.25, -0.2) is 15.0 Å². The summed E-state index contributed by atoms with van der Waals surface area (Å²) in [5.74, 6) is 4.77. The maximum atomic E-state index is 6.54. The van der Waals surface area contributed by atoms with Gasteiger partial charge in [-0.05, 0) is 74.5 Å². The zero-order chi connectivity index (χ0) is 34.1. The second kappa shape index (κ2) is 11.2. The summed E-state index contributed by atoms with van der Waals surface area (Å²) < 4.78 is 13.0. The average molecular weight is 658 g/mol. The topological polar surface area (TPSA) is 57.1 Å². The molecule has 0 saturated carbocycles.